The molecule has 4 aromatic rings. The maximum atomic E-state index is 13.7. The second-order valence-corrected chi connectivity index (χ2v) is 8.98. The summed E-state index contributed by atoms with van der Waals surface area (Å²) in [6, 6.07) is 26.5. The van der Waals surface area contributed by atoms with Gasteiger partial charge >= 0.3 is 0 Å². The van der Waals surface area contributed by atoms with Crippen molar-refractivity contribution in [3.05, 3.63) is 118 Å². The standard InChI is InChI=1S/C31H28N2O3.C2H6/c1-2-5-20-8-12-22(13-9-20)32-26-16-17-27(33-23-14-10-21(11-15-23)18-19-34)29-28(26)30(35)24-6-3-4-7-25(24)31(29)36;1-2/h3-4,6-17,32-34H,2,5,18-19H2,1H3;1-2H3. The molecule has 1 aliphatic rings. The van der Waals surface area contributed by atoms with E-state index in [2.05, 4.69) is 29.7 Å². The molecule has 1 aliphatic carbocycles. The van der Waals surface area contributed by atoms with Crippen LogP contribution in [-0.2, 0) is 12.8 Å². The zero-order valence-corrected chi connectivity index (χ0v) is 22.2. The molecule has 0 spiro atoms. The lowest BCUT2D eigenvalue weighted by atomic mass is 9.82. The van der Waals surface area contributed by atoms with E-state index >= 15 is 0 Å². The lowest BCUT2D eigenvalue weighted by Gasteiger charge is -2.24. The molecular weight excluding hydrogens is 472 g/mol. The predicted octanol–water partition coefficient (Wildman–Crippen LogP) is 7.46. The molecule has 5 rings (SSSR count). The van der Waals surface area contributed by atoms with Gasteiger partial charge in [-0.25, -0.2) is 0 Å². The molecule has 0 bridgehead atoms. The van der Waals surface area contributed by atoms with Gasteiger partial charge in [-0.3, -0.25) is 9.59 Å². The molecule has 0 heterocycles. The van der Waals surface area contributed by atoms with E-state index in [0.29, 0.717) is 40.0 Å². The van der Waals surface area contributed by atoms with Crippen molar-refractivity contribution in [3.8, 4) is 0 Å². The van der Waals surface area contributed by atoms with E-state index in [-0.39, 0.29) is 18.2 Å². The first-order valence-corrected chi connectivity index (χ1v) is 13.3. The van der Waals surface area contributed by atoms with Crippen molar-refractivity contribution in [1.82, 2.24) is 0 Å². The lowest BCUT2D eigenvalue weighted by Crippen LogP contribution is -2.23. The Hall–Kier alpha value is -4.22. The average Bonchev–Trinajstić information content (AvgIpc) is 2.96. The van der Waals surface area contributed by atoms with Gasteiger partial charge < -0.3 is 15.7 Å². The van der Waals surface area contributed by atoms with Gasteiger partial charge in [-0.05, 0) is 60.4 Å². The Morgan fingerprint density at radius 2 is 1.03 bits per heavy atom. The van der Waals surface area contributed by atoms with Gasteiger partial charge in [0.25, 0.3) is 0 Å². The van der Waals surface area contributed by atoms with Crippen LogP contribution >= 0.6 is 0 Å². The van der Waals surface area contributed by atoms with Gasteiger partial charge in [-0.1, -0.05) is 75.7 Å². The Kier molecular flexibility index (Phi) is 8.72. The zero-order chi connectivity index (χ0) is 27.1. The quantitative estimate of drug-likeness (QED) is 0.204. The summed E-state index contributed by atoms with van der Waals surface area (Å²) < 4.78 is 0. The molecule has 4 aromatic carbocycles. The number of aliphatic hydroxyl groups is 1. The fourth-order valence-corrected chi connectivity index (χ4v) is 4.67. The molecule has 5 heteroatoms. The third-order valence-corrected chi connectivity index (χ3v) is 6.48. The number of carbonyl (C=O) groups excluding carboxylic acids is 2. The number of fused-ring (bicyclic) bond motifs is 2. The van der Waals surface area contributed by atoms with Crippen LogP contribution < -0.4 is 10.6 Å². The number of benzene rings is 4. The van der Waals surface area contributed by atoms with E-state index in [4.69, 9.17) is 5.11 Å². The van der Waals surface area contributed by atoms with E-state index < -0.39 is 0 Å². The summed E-state index contributed by atoms with van der Waals surface area (Å²) in [6.45, 7) is 6.24. The molecule has 3 N–H and O–H groups in total. The molecule has 38 heavy (non-hydrogen) atoms. The third kappa shape index (κ3) is 5.53. The summed E-state index contributed by atoms with van der Waals surface area (Å²) in [5.74, 6) is -0.353. The molecule has 0 aromatic heterocycles. The first kappa shape index (κ1) is 26.8. The lowest BCUT2D eigenvalue weighted by molar-refractivity contribution is 0.0980. The Morgan fingerprint density at radius 1 is 0.605 bits per heavy atom. The molecule has 194 valence electrons. The Balaban J connectivity index is 0.00000164. The summed E-state index contributed by atoms with van der Waals surface area (Å²) in [5.41, 5.74) is 6.69. The van der Waals surface area contributed by atoms with E-state index in [1.807, 2.05) is 62.4 Å². The van der Waals surface area contributed by atoms with Crippen molar-refractivity contribution in [2.45, 2.75) is 40.0 Å². The summed E-state index contributed by atoms with van der Waals surface area (Å²) in [5, 5.41) is 15.9. The average molecular weight is 507 g/mol. The van der Waals surface area contributed by atoms with E-state index in [1.54, 1.807) is 24.3 Å². The van der Waals surface area contributed by atoms with Crippen LogP contribution in [0.4, 0.5) is 22.7 Å². The van der Waals surface area contributed by atoms with E-state index in [1.165, 1.54) is 5.56 Å². The highest BCUT2D eigenvalue weighted by Crippen LogP contribution is 2.38. The van der Waals surface area contributed by atoms with Crippen LogP contribution in [0.5, 0.6) is 0 Å². The molecular formula is C33H34N2O3. The van der Waals surface area contributed by atoms with Gasteiger partial charge in [0, 0.05) is 29.1 Å². The number of ketones is 2. The minimum absolute atomic E-state index is 0.0894. The maximum absolute atomic E-state index is 13.7. The number of aryl methyl sites for hydroxylation is 1. The fourth-order valence-electron chi connectivity index (χ4n) is 4.67. The van der Waals surface area contributed by atoms with Crippen molar-refractivity contribution in [2.75, 3.05) is 17.2 Å². The summed E-state index contributed by atoms with van der Waals surface area (Å²) in [7, 11) is 0. The molecule has 0 unspecified atom stereocenters. The number of aliphatic hydroxyl groups excluding tert-OH is 1. The van der Waals surface area contributed by atoms with Crippen molar-refractivity contribution in [1.29, 1.82) is 0 Å². The maximum Gasteiger partial charge on any atom is 0.196 e. The van der Waals surface area contributed by atoms with Crippen LogP contribution in [0.1, 0.15) is 70.2 Å². The molecule has 0 fully saturated rings. The zero-order valence-electron chi connectivity index (χ0n) is 22.2. The molecule has 0 amide bonds. The topological polar surface area (TPSA) is 78.4 Å². The normalized spacial score (nSPS) is 11.7. The van der Waals surface area contributed by atoms with E-state index in [9.17, 15) is 9.59 Å². The Bertz CT molecular complexity index is 1310. The van der Waals surface area contributed by atoms with Gasteiger partial charge in [0.15, 0.2) is 11.6 Å². The van der Waals surface area contributed by atoms with Gasteiger partial charge in [-0.15, -0.1) is 0 Å². The summed E-state index contributed by atoms with van der Waals surface area (Å²) >= 11 is 0. The van der Waals surface area contributed by atoms with Gasteiger partial charge in [-0.2, -0.15) is 0 Å². The van der Waals surface area contributed by atoms with Crippen LogP contribution in [0.2, 0.25) is 0 Å². The van der Waals surface area contributed by atoms with Crippen LogP contribution in [0.15, 0.2) is 84.9 Å². The monoisotopic (exact) mass is 506 g/mol. The van der Waals surface area contributed by atoms with Gasteiger partial charge in [0.1, 0.15) is 0 Å². The summed E-state index contributed by atoms with van der Waals surface area (Å²) in [6.07, 6.45) is 2.68. The van der Waals surface area contributed by atoms with Crippen molar-refractivity contribution in [3.63, 3.8) is 0 Å². The van der Waals surface area contributed by atoms with Crippen LogP contribution in [0.3, 0.4) is 0 Å². The Morgan fingerprint density at radius 3 is 1.42 bits per heavy atom. The van der Waals surface area contributed by atoms with Crippen molar-refractivity contribution >= 4 is 34.3 Å². The van der Waals surface area contributed by atoms with Gasteiger partial charge in [0.2, 0.25) is 0 Å². The second-order valence-electron chi connectivity index (χ2n) is 8.98. The molecule has 0 radical (unpaired) electrons. The first-order chi connectivity index (χ1) is 18.6. The van der Waals surface area contributed by atoms with Crippen LogP contribution in [-0.4, -0.2) is 23.3 Å². The summed E-state index contributed by atoms with van der Waals surface area (Å²) in [4.78, 5) is 27.4. The van der Waals surface area contributed by atoms with Crippen molar-refractivity contribution < 1.29 is 14.7 Å². The molecule has 0 aliphatic heterocycles. The number of hydrogen-bond donors (Lipinski definition) is 3. The first-order valence-electron chi connectivity index (χ1n) is 13.3. The smallest absolute Gasteiger partial charge is 0.196 e. The molecule has 0 atom stereocenters. The number of nitrogens with one attached hydrogen (secondary N) is 2. The number of carbonyl (C=O) groups is 2. The molecule has 5 nitrogen and oxygen atoms in total. The highest BCUT2D eigenvalue weighted by molar-refractivity contribution is 6.32. The highest BCUT2D eigenvalue weighted by atomic mass is 16.3. The third-order valence-electron chi connectivity index (χ3n) is 6.48. The number of hydrogen-bond acceptors (Lipinski definition) is 5. The van der Waals surface area contributed by atoms with Crippen LogP contribution in [0, 0.1) is 0 Å². The van der Waals surface area contributed by atoms with Crippen LogP contribution in [0.25, 0.3) is 0 Å². The minimum Gasteiger partial charge on any atom is -0.396 e. The van der Waals surface area contributed by atoms with Gasteiger partial charge in [0.05, 0.1) is 22.5 Å². The van der Waals surface area contributed by atoms with E-state index in [0.717, 1.165) is 29.8 Å². The fraction of sp³-hybridized carbons (Fsp3) is 0.212. The largest absolute Gasteiger partial charge is 0.396 e. The molecule has 0 saturated heterocycles. The number of rotatable bonds is 8. The minimum atomic E-state index is -0.179. The highest BCUT2D eigenvalue weighted by Gasteiger charge is 2.34. The van der Waals surface area contributed by atoms with Crippen molar-refractivity contribution in [2.24, 2.45) is 0 Å². The second kappa shape index (κ2) is 12.3. The predicted molar refractivity (Wildman–Crippen MR) is 155 cm³/mol. The molecule has 0 saturated carbocycles. The SMILES string of the molecule is CC.CCCc1ccc(Nc2ccc(Nc3ccc(CCO)cc3)c3c2C(=O)c2ccccc2C3=O)cc1. The number of anilines is 4. The Labute approximate surface area is 224 Å².